The number of hydrogen-bond donors (Lipinski definition) is 3. The molecular formula is C23H25F3N4O3S. The highest BCUT2D eigenvalue weighted by Gasteiger charge is 2.52. The fourth-order valence-corrected chi connectivity index (χ4v) is 3.49. The number of benzene rings is 2. The second kappa shape index (κ2) is 10.3. The molecule has 0 saturated carbocycles. The number of imide groups is 1. The summed E-state index contributed by atoms with van der Waals surface area (Å²) in [5, 5.41) is 8.26. The predicted octanol–water partition coefficient (Wildman–Crippen LogP) is 3.97. The zero-order chi connectivity index (χ0) is 25.0. The topological polar surface area (TPSA) is 82.5 Å². The maximum atomic E-state index is 14.2. The van der Waals surface area contributed by atoms with Gasteiger partial charge in [0.1, 0.15) is 17.6 Å². The van der Waals surface area contributed by atoms with Crippen molar-refractivity contribution in [2.45, 2.75) is 51.5 Å². The molecule has 0 spiro atoms. The van der Waals surface area contributed by atoms with Crippen molar-refractivity contribution in [1.29, 1.82) is 0 Å². The Labute approximate surface area is 200 Å². The molecule has 34 heavy (non-hydrogen) atoms. The van der Waals surface area contributed by atoms with Gasteiger partial charge in [0.2, 0.25) is 0 Å². The number of nitrogens with one attached hydrogen (secondary N) is 3. The van der Waals surface area contributed by atoms with Gasteiger partial charge in [-0.15, -0.1) is 0 Å². The molecule has 3 amide bonds. The van der Waals surface area contributed by atoms with E-state index in [1.54, 1.807) is 20.8 Å². The maximum absolute atomic E-state index is 14.2. The van der Waals surface area contributed by atoms with Gasteiger partial charge >= 0.3 is 12.1 Å². The Morgan fingerprint density at radius 1 is 1.06 bits per heavy atom. The van der Waals surface area contributed by atoms with Crippen LogP contribution in [0, 0.1) is 17.5 Å². The highest BCUT2D eigenvalue weighted by atomic mass is 32.1. The lowest BCUT2D eigenvalue weighted by atomic mass is 10.1. The first-order valence-corrected chi connectivity index (χ1v) is 10.9. The van der Waals surface area contributed by atoms with E-state index >= 15 is 0 Å². The van der Waals surface area contributed by atoms with Crippen molar-refractivity contribution in [3.05, 3.63) is 71.0 Å². The van der Waals surface area contributed by atoms with Gasteiger partial charge < -0.3 is 15.4 Å². The normalized spacial score (nSPS) is 17.1. The number of ether oxygens (including phenoxy) is 1. The summed E-state index contributed by atoms with van der Waals surface area (Å²) in [6, 6.07) is 9.16. The van der Waals surface area contributed by atoms with Crippen molar-refractivity contribution in [2.24, 2.45) is 0 Å². The van der Waals surface area contributed by atoms with Gasteiger partial charge in [-0.05, 0) is 56.6 Å². The first kappa shape index (κ1) is 25.3. The smallest absolute Gasteiger partial charge is 0.415 e. The van der Waals surface area contributed by atoms with E-state index in [0.29, 0.717) is 12.6 Å². The zero-order valence-corrected chi connectivity index (χ0v) is 19.6. The average Bonchev–Trinajstić information content (AvgIpc) is 3.41. The number of rotatable bonds is 5. The number of nitrogens with zero attached hydrogens (tertiary/aromatic N) is 1. The molecule has 0 bridgehead atoms. The first-order chi connectivity index (χ1) is 15.9. The summed E-state index contributed by atoms with van der Waals surface area (Å²) in [6.45, 7) is 5.35. The fourth-order valence-electron chi connectivity index (χ4n) is 3.30. The van der Waals surface area contributed by atoms with Crippen molar-refractivity contribution in [3.8, 4) is 0 Å². The molecule has 3 rings (SSSR count). The van der Waals surface area contributed by atoms with E-state index in [0.717, 1.165) is 11.6 Å². The van der Waals surface area contributed by atoms with Crippen LogP contribution in [0.5, 0.6) is 0 Å². The number of alkyl carbamates (subject to hydrolysis) is 1. The van der Waals surface area contributed by atoms with Crippen LogP contribution < -0.4 is 16.0 Å². The Balaban J connectivity index is 1.68. The second-order valence-electron chi connectivity index (χ2n) is 8.73. The van der Waals surface area contributed by atoms with Crippen LogP contribution in [0.3, 0.4) is 0 Å². The van der Waals surface area contributed by atoms with Gasteiger partial charge in [-0.2, -0.15) is 0 Å². The minimum Gasteiger partial charge on any atom is -0.443 e. The minimum absolute atomic E-state index is 0.119. The number of thiocarbonyl (C=S) groups is 1. The molecule has 0 unspecified atom stereocenters. The molecule has 1 fully saturated rings. The van der Waals surface area contributed by atoms with E-state index in [9.17, 15) is 22.8 Å². The van der Waals surface area contributed by atoms with Crippen LogP contribution in [0.2, 0.25) is 0 Å². The third-order valence-corrected chi connectivity index (χ3v) is 5.13. The van der Waals surface area contributed by atoms with Gasteiger partial charge in [-0.25, -0.2) is 28.1 Å². The summed E-state index contributed by atoms with van der Waals surface area (Å²) in [5.41, 5.74) is 0.0339. The molecule has 0 aromatic heterocycles. The van der Waals surface area contributed by atoms with Gasteiger partial charge in [-0.3, -0.25) is 4.90 Å². The monoisotopic (exact) mass is 494 g/mol. The highest BCUT2D eigenvalue weighted by Crippen LogP contribution is 2.31. The molecule has 1 saturated heterocycles. The van der Waals surface area contributed by atoms with Crippen molar-refractivity contribution < 1.29 is 27.5 Å². The Morgan fingerprint density at radius 2 is 1.71 bits per heavy atom. The van der Waals surface area contributed by atoms with Crippen LogP contribution in [-0.2, 0) is 17.7 Å². The molecule has 2 aromatic carbocycles. The standard InChI is InChI=1S/C23H25F3N4O3S/c1-23(2,3)33-22(32)29-21(31)30-18(10-14-9-16(25)17(26)11-15(14)24)19(30)28-20(34)27-12-13-7-5-4-6-8-13/h4-9,11,18-19H,10,12H2,1-3H3,(H2,27,28,34)(H,29,31,32)/t18-,19-,30?/m1/s1. The number of amides is 3. The number of carbonyl (C=O) groups is 2. The Morgan fingerprint density at radius 3 is 2.35 bits per heavy atom. The quantitative estimate of drug-likeness (QED) is 0.332. The lowest BCUT2D eigenvalue weighted by Crippen LogP contribution is -2.42. The summed E-state index contributed by atoms with van der Waals surface area (Å²) in [4.78, 5) is 25.9. The maximum Gasteiger partial charge on any atom is 0.415 e. The fraction of sp³-hybridized carbons (Fsp3) is 0.348. The number of halogens is 3. The van der Waals surface area contributed by atoms with Crippen molar-refractivity contribution in [1.82, 2.24) is 20.9 Å². The molecule has 0 aliphatic carbocycles. The van der Waals surface area contributed by atoms with E-state index in [2.05, 4.69) is 16.0 Å². The minimum atomic E-state index is -1.31. The summed E-state index contributed by atoms with van der Waals surface area (Å²) < 4.78 is 46.2. The van der Waals surface area contributed by atoms with Crippen LogP contribution >= 0.6 is 12.2 Å². The van der Waals surface area contributed by atoms with Crippen LogP contribution in [0.15, 0.2) is 42.5 Å². The third kappa shape index (κ3) is 6.83. The second-order valence-corrected chi connectivity index (χ2v) is 9.13. The molecule has 0 radical (unpaired) electrons. The molecule has 2 atom stereocenters. The van der Waals surface area contributed by atoms with Crippen LogP contribution in [0.25, 0.3) is 0 Å². The van der Waals surface area contributed by atoms with E-state index in [1.165, 1.54) is 4.90 Å². The predicted molar refractivity (Wildman–Crippen MR) is 123 cm³/mol. The van der Waals surface area contributed by atoms with Gasteiger partial charge in [0.15, 0.2) is 16.7 Å². The van der Waals surface area contributed by atoms with Crippen LogP contribution in [0.1, 0.15) is 31.9 Å². The van der Waals surface area contributed by atoms with E-state index in [4.69, 9.17) is 17.0 Å². The molecule has 1 aliphatic heterocycles. The molecular weight excluding hydrogens is 469 g/mol. The van der Waals surface area contributed by atoms with Gasteiger partial charge in [-0.1, -0.05) is 30.3 Å². The molecule has 1 heterocycles. The summed E-state index contributed by atoms with van der Waals surface area (Å²) in [7, 11) is 0. The molecule has 3 N–H and O–H groups in total. The SMILES string of the molecule is CC(C)(C)OC(=O)NC(=O)N1[C@H](Cc2cc(F)c(F)cc2F)[C@@H]1NC(=S)NCc1ccccc1. The Bertz CT molecular complexity index is 1080. The Kier molecular flexibility index (Phi) is 7.65. The number of urea groups is 1. The van der Waals surface area contributed by atoms with Gasteiger partial charge in [0, 0.05) is 12.6 Å². The number of hydrogen-bond acceptors (Lipinski definition) is 4. The number of carbonyl (C=O) groups excluding carboxylic acids is 2. The molecule has 11 heteroatoms. The average molecular weight is 495 g/mol. The lowest BCUT2D eigenvalue weighted by molar-refractivity contribution is 0.0542. The molecule has 2 aromatic rings. The zero-order valence-electron chi connectivity index (χ0n) is 18.8. The Hall–Kier alpha value is -3.34. The lowest BCUT2D eigenvalue weighted by Gasteiger charge is -2.19. The molecule has 1 aliphatic rings. The first-order valence-electron chi connectivity index (χ1n) is 10.5. The largest absolute Gasteiger partial charge is 0.443 e. The van der Waals surface area contributed by atoms with E-state index < -0.39 is 47.4 Å². The van der Waals surface area contributed by atoms with Crippen molar-refractivity contribution in [2.75, 3.05) is 0 Å². The summed E-state index contributed by atoms with van der Waals surface area (Å²) >= 11 is 5.29. The van der Waals surface area contributed by atoms with E-state index in [1.807, 2.05) is 30.3 Å². The van der Waals surface area contributed by atoms with Crippen molar-refractivity contribution >= 4 is 29.5 Å². The molecule has 182 valence electrons. The van der Waals surface area contributed by atoms with Crippen molar-refractivity contribution in [3.63, 3.8) is 0 Å². The third-order valence-electron chi connectivity index (χ3n) is 4.87. The highest BCUT2D eigenvalue weighted by molar-refractivity contribution is 7.80. The van der Waals surface area contributed by atoms with E-state index in [-0.39, 0.29) is 17.1 Å². The summed E-state index contributed by atoms with van der Waals surface area (Å²) in [5.74, 6) is -3.45. The van der Waals surface area contributed by atoms with Gasteiger partial charge in [0.05, 0.1) is 6.04 Å². The van der Waals surface area contributed by atoms with Gasteiger partial charge in [0.25, 0.3) is 0 Å². The summed E-state index contributed by atoms with van der Waals surface area (Å²) in [6.07, 6.45) is -1.81. The molecule has 7 nitrogen and oxygen atoms in total. The van der Waals surface area contributed by atoms with Crippen LogP contribution in [0.4, 0.5) is 22.8 Å². The van der Waals surface area contributed by atoms with Crippen LogP contribution in [-0.4, -0.2) is 39.9 Å².